The molecular formula is C9H7ClN2O2S. The highest BCUT2D eigenvalue weighted by atomic mass is 35.5. The van der Waals surface area contributed by atoms with Crippen LogP contribution in [-0.2, 0) is 4.79 Å². The van der Waals surface area contributed by atoms with Gasteiger partial charge in [-0.25, -0.2) is 4.79 Å². The molecule has 78 valence electrons. The molecule has 0 atom stereocenters. The van der Waals surface area contributed by atoms with Crippen molar-refractivity contribution in [1.82, 2.24) is 4.98 Å². The van der Waals surface area contributed by atoms with Gasteiger partial charge in [0, 0.05) is 17.8 Å². The highest BCUT2D eigenvalue weighted by Gasteiger charge is 2.24. The number of hydrogen-bond donors (Lipinski definition) is 1. The number of halogens is 1. The number of thioether (sulfide) groups is 1. The van der Waals surface area contributed by atoms with Crippen LogP contribution in [0.25, 0.3) is 0 Å². The van der Waals surface area contributed by atoms with Crippen LogP contribution in [0.5, 0.6) is 0 Å². The summed E-state index contributed by atoms with van der Waals surface area (Å²) >= 11 is 7.37. The van der Waals surface area contributed by atoms with E-state index >= 15 is 0 Å². The van der Waals surface area contributed by atoms with Crippen molar-refractivity contribution < 1.29 is 9.90 Å². The van der Waals surface area contributed by atoms with E-state index in [2.05, 4.69) is 4.98 Å². The number of rotatable bonds is 2. The Hall–Kier alpha value is -1.20. The molecule has 0 fully saturated rings. The third-order valence-corrected chi connectivity index (χ3v) is 3.04. The highest BCUT2D eigenvalue weighted by molar-refractivity contribution is 8.02. The summed E-state index contributed by atoms with van der Waals surface area (Å²) in [6, 6.07) is 1.70. The number of pyridine rings is 1. The maximum Gasteiger partial charge on any atom is 0.353 e. The predicted octanol–water partition coefficient (Wildman–Crippen LogP) is 2.17. The van der Waals surface area contributed by atoms with Crippen LogP contribution in [-0.4, -0.2) is 21.9 Å². The molecule has 0 aromatic carbocycles. The van der Waals surface area contributed by atoms with Crippen LogP contribution in [0.15, 0.2) is 29.6 Å². The molecule has 0 amide bonds. The van der Waals surface area contributed by atoms with Gasteiger partial charge in [0.2, 0.25) is 0 Å². The first kappa shape index (κ1) is 10.3. The summed E-state index contributed by atoms with van der Waals surface area (Å²) in [6.07, 6.45) is 3.09. The van der Waals surface area contributed by atoms with E-state index in [1.807, 2.05) is 0 Å². The number of hydrogen-bond acceptors (Lipinski definition) is 4. The molecule has 1 aromatic heterocycles. The van der Waals surface area contributed by atoms with Gasteiger partial charge in [-0.15, -0.1) is 11.8 Å². The molecule has 0 saturated heterocycles. The number of carboxylic acids is 1. The van der Waals surface area contributed by atoms with Gasteiger partial charge in [0.05, 0.1) is 16.6 Å². The standard InChI is InChI=1S/C9H7ClN2O2S/c10-6-3-11-2-1-7(6)12-5-15-4-8(12)9(13)14/h1-4H,5H2,(H,13,14). The van der Waals surface area contributed by atoms with Gasteiger partial charge in [0.25, 0.3) is 0 Å². The van der Waals surface area contributed by atoms with Crippen molar-refractivity contribution >= 4 is 35.0 Å². The average Bonchev–Trinajstić information content (AvgIpc) is 2.67. The third-order valence-electron chi connectivity index (χ3n) is 1.95. The summed E-state index contributed by atoms with van der Waals surface area (Å²) < 4.78 is 0. The van der Waals surface area contributed by atoms with Gasteiger partial charge < -0.3 is 10.0 Å². The molecule has 0 unspecified atom stereocenters. The Kier molecular flexibility index (Phi) is 2.83. The summed E-state index contributed by atoms with van der Waals surface area (Å²) in [7, 11) is 0. The second kappa shape index (κ2) is 4.12. The lowest BCUT2D eigenvalue weighted by molar-refractivity contribution is -0.132. The smallest absolute Gasteiger partial charge is 0.353 e. The van der Waals surface area contributed by atoms with Crippen molar-refractivity contribution in [3.8, 4) is 0 Å². The Morgan fingerprint density at radius 1 is 1.67 bits per heavy atom. The fourth-order valence-corrected chi connectivity index (χ4v) is 2.38. The molecule has 0 spiro atoms. The Balaban J connectivity index is 2.37. The number of aromatic nitrogens is 1. The molecule has 0 saturated carbocycles. The van der Waals surface area contributed by atoms with E-state index in [0.29, 0.717) is 16.6 Å². The van der Waals surface area contributed by atoms with Crippen LogP contribution in [0.3, 0.4) is 0 Å². The van der Waals surface area contributed by atoms with Gasteiger partial charge in [0.15, 0.2) is 0 Å². The molecular weight excluding hydrogens is 236 g/mol. The minimum Gasteiger partial charge on any atom is -0.477 e. The normalized spacial score (nSPS) is 15.3. The fraction of sp³-hybridized carbons (Fsp3) is 0.111. The van der Waals surface area contributed by atoms with Crippen LogP contribution in [0.4, 0.5) is 5.69 Å². The number of carbonyl (C=O) groups is 1. The maximum absolute atomic E-state index is 10.9. The molecule has 1 aliphatic heterocycles. The van der Waals surface area contributed by atoms with Crippen molar-refractivity contribution in [2.45, 2.75) is 0 Å². The lowest BCUT2D eigenvalue weighted by atomic mass is 10.3. The predicted molar refractivity (Wildman–Crippen MR) is 59.9 cm³/mol. The molecule has 4 nitrogen and oxygen atoms in total. The second-order valence-electron chi connectivity index (χ2n) is 2.86. The van der Waals surface area contributed by atoms with Crippen molar-refractivity contribution in [1.29, 1.82) is 0 Å². The van der Waals surface area contributed by atoms with Crippen LogP contribution < -0.4 is 4.90 Å². The molecule has 6 heteroatoms. The molecule has 0 bridgehead atoms. The largest absolute Gasteiger partial charge is 0.477 e. The zero-order valence-corrected chi connectivity index (χ0v) is 9.13. The number of aliphatic carboxylic acids is 1. The second-order valence-corrected chi connectivity index (χ2v) is 4.09. The van der Waals surface area contributed by atoms with Gasteiger partial charge in [-0.1, -0.05) is 11.6 Å². The van der Waals surface area contributed by atoms with Gasteiger partial charge in [-0.05, 0) is 6.07 Å². The van der Waals surface area contributed by atoms with Crippen molar-refractivity contribution in [3.05, 3.63) is 34.6 Å². The fourth-order valence-electron chi connectivity index (χ4n) is 1.28. The molecule has 1 aliphatic rings. The SMILES string of the molecule is O=C(O)C1=CSCN1c1ccncc1Cl. The topological polar surface area (TPSA) is 53.4 Å². The Labute approximate surface area is 95.6 Å². The molecule has 1 aromatic rings. The summed E-state index contributed by atoms with van der Waals surface area (Å²) in [4.78, 5) is 16.4. The van der Waals surface area contributed by atoms with Crippen LogP contribution in [0.1, 0.15) is 0 Å². The highest BCUT2D eigenvalue weighted by Crippen LogP contribution is 2.33. The first-order chi connectivity index (χ1) is 7.20. The van der Waals surface area contributed by atoms with Crippen LogP contribution in [0, 0.1) is 0 Å². The van der Waals surface area contributed by atoms with Gasteiger partial charge in [-0.2, -0.15) is 0 Å². The summed E-state index contributed by atoms with van der Waals surface area (Å²) in [5, 5.41) is 11.0. The van der Waals surface area contributed by atoms with E-state index in [-0.39, 0.29) is 5.70 Å². The van der Waals surface area contributed by atoms with Gasteiger partial charge >= 0.3 is 5.97 Å². The van der Waals surface area contributed by atoms with E-state index in [0.717, 1.165) is 0 Å². The first-order valence-corrected chi connectivity index (χ1v) is 5.55. The van der Waals surface area contributed by atoms with E-state index < -0.39 is 5.97 Å². The average molecular weight is 243 g/mol. The van der Waals surface area contributed by atoms with E-state index in [9.17, 15) is 4.79 Å². The number of nitrogens with zero attached hydrogens (tertiary/aromatic N) is 2. The molecule has 0 radical (unpaired) electrons. The molecule has 0 aliphatic carbocycles. The Morgan fingerprint density at radius 2 is 2.47 bits per heavy atom. The number of carboxylic acid groups (broad SMARTS) is 1. The number of anilines is 1. The van der Waals surface area contributed by atoms with E-state index in [4.69, 9.17) is 16.7 Å². The molecule has 1 N–H and O–H groups in total. The quantitative estimate of drug-likeness (QED) is 0.862. The monoisotopic (exact) mass is 242 g/mol. The summed E-state index contributed by atoms with van der Waals surface area (Å²) in [6.45, 7) is 0. The molecule has 2 heterocycles. The first-order valence-electron chi connectivity index (χ1n) is 4.12. The lowest BCUT2D eigenvalue weighted by Gasteiger charge is -2.19. The minimum atomic E-state index is -0.951. The van der Waals surface area contributed by atoms with Gasteiger partial charge in [0.1, 0.15) is 5.70 Å². The third kappa shape index (κ3) is 1.93. The lowest BCUT2D eigenvalue weighted by Crippen LogP contribution is -2.23. The van der Waals surface area contributed by atoms with E-state index in [1.165, 1.54) is 18.0 Å². The zero-order chi connectivity index (χ0) is 10.8. The summed E-state index contributed by atoms with van der Waals surface area (Å²) in [5.41, 5.74) is 0.915. The Morgan fingerprint density at radius 3 is 3.13 bits per heavy atom. The minimum absolute atomic E-state index is 0.244. The van der Waals surface area contributed by atoms with E-state index in [1.54, 1.807) is 22.6 Å². The summed E-state index contributed by atoms with van der Waals surface area (Å²) in [5.74, 6) is -0.390. The van der Waals surface area contributed by atoms with Gasteiger partial charge in [-0.3, -0.25) is 4.98 Å². The van der Waals surface area contributed by atoms with Crippen molar-refractivity contribution in [3.63, 3.8) is 0 Å². The van der Waals surface area contributed by atoms with Crippen LogP contribution in [0.2, 0.25) is 5.02 Å². The molecule has 15 heavy (non-hydrogen) atoms. The Bertz CT molecular complexity index is 436. The van der Waals surface area contributed by atoms with Crippen molar-refractivity contribution in [2.24, 2.45) is 0 Å². The van der Waals surface area contributed by atoms with Crippen LogP contribution >= 0.6 is 23.4 Å². The maximum atomic E-state index is 10.9. The zero-order valence-electron chi connectivity index (χ0n) is 7.55. The molecule has 2 rings (SSSR count). The van der Waals surface area contributed by atoms with Crippen molar-refractivity contribution in [2.75, 3.05) is 10.8 Å².